The van der Waals surface area contributed by atoms with Crippen LogP contribution in [0.15, 0.2) is 66.7 Å². The van der Waals surface area contributed by atoms with Gasteiger partial charge >= 0.3 is 0 Å². The minimum Gasteiger partial charge on any atom is -0.493 e. The third-order valence-corrected chi connectivity index (χ3v) is 6.06. The van der Waals surface area contributed by atoms with Crippen LogP contribution in [0.25, 0.3) is 22.0 Å². The number of anilines is 1. The molecular formula is C26H23ClN4O2. The van der Waals surface area contributed by atoms with Gasteiger partial charge in [-0.1, -0.05) is 60.1 Å². The van der Waals surface area contributed by atoms with E-state index in [4.69, 9.17) is 16.3 Å². The Balaban J connectivity index is 1.57. The van der Waals surface area contributed by atoms with Crippen LogP contribution in [0.1, 0.15) is 28.5 Å². The molecule has 5 rings (SSSR count). The Morgan fingerprint density at radius 1 is 1.06 bits per heavy atom. The van der Waals surface area contributed by atoms with Crippen LogP contribution >= 0.6 is 11.6 Å². The largest absolute Gasteiger partial charge is 0.493 e. The summed E-state index contributed by atoms with van der Waals surface area (Å²) in [4.78, 5) is 15.3. The summed E-state index contributed by atoms with van der Waals surface area (Å²) in [6, 6.07) is 21.2. The van der Waals surface area contributed by atoms with E-state index in [1.54, 1.807) is 0 Å². The first-order chi connectivity index (χ1) is 16.0. The summed E-state index contributed by atoms with van der Waals surface area (Å²) in [6.45, 7) is 0.550. The molecule has 1 N–H and O–H groups in total. The number of carbonyl (C=O) groups is 1. The van der Waals surface area contributed by atoms with Crippen molar-refractivity contribution < 1.29 is 9.53 Å². The van der Waals surface area contributed by atoms with Gasteiger partial charge in [0, 0.05) is 42.1 Å². The molecule has 0 spiro atoms. The molecule has 1 aliphatic rings. The van der Waals surface area contributed by atoms with E-state index in [0.717, 1.165) is 39.0 Å². The first-order valence-corrected chi connectivity index (χ1v) is 11.2. The van der Waals surface area contributed by atoms with Crippen molar-refractivity contribution >= 4 is 34.1 Å². The summed E-state index contributed by atoms with van der Waals surface area (Å²) < 4.78 is 5.73. The lowest BCUT2D eigenvalue weighted by Crippen LogP contribution is -2.33. The van der Waals surface area contributed by atoms with Crippen molar-refractivity contribution in [1.29, 1.82) is 0 Å². The van der Waals surface area contributed by atoms with E-state index >= 15 is 0 Å². The van der Waals surface area contributed by atoms with Gasteiger partial charge in [0.25, 0.3) is 5.91 Å². The molecule has 2 heterocycles. The number of hydrogen-bond acceptors (Lipinski definition) is 5. The average molecular weight is 459 g/mol. The van der Waals surface area contributed by atoms with E-state index < -0.39 is 0 Å². The smallest absolute Gasteiger partial charge is 0.274 e. The lowest BCUT2D eigenvalue weighted by Gasteiger charge is -2.27. The zero-order valence-corrected chi connectivity index (χ0v) is 19.1. The topological polar surface area (TPSA) is 67.4 Å². The van der Waals surface area contributed by atoms with E-state index in [1.807, 2.05) is 85.7 Å². The number of carbonyl (C=O) groups excluding carboxylic acids is 1. The fraction of sp³-hybridized carbons (Fsp3) is 0.192. The second-order valence-electron chi connectivity index (χ2n) is 8.20. The summed E-state index contributed by atoms with van der Waals surface area (Å²) in [7, 11) is 3.81. The number of nitrogens with zero attached hydrogens (tertiary/aromatic N) is 3. The Hall–Kier alpha value is -3.64. The van der Waals surface area contributed by atoms with Gasteiger partial charge in [-0.15, -0.1) is 10.2 Å². The number of para-hydroxylation sites is 1. The Labute approximate surface area is 197 Å². The molecule has 0 aliphatic carbocycles. The molecule has 166 valence electrons. The highest BCUT2D eigenvalue weighted by Gasteiger charge is 2.26. The number of ether oxygens (including phenoxy) is 1. The first-order valence-electron chi connectivity index (χ1n) is 10.8. The van der Waals surface area contributed by atoms with Gasteiger partial charge in [0.15, 0.2) is 5.69 Å². The van der Waals surface area contributed by atoms with E-state index in [0.29, 0.717) is 23.7 Å². The standard InChI is InChI=1S/C26H23ClN4O2/c1-31(2)25-20-11-6-10-18(16-7-5-8-17(27)15-16)23(20)29-30-24(25)26(32)28-21-13-14-33-22-12-4-3-9-19(21)22/h3-12,15,21H,13-14H2,1-2H3,(H,28,32)/t21-/m0/s1. The SMILES string of the molecule is CN(C)c1c(C(=O)N[C@H]2CCOc3ccccc32)nnc2c(-c3cccc(Cl)c3)cccc12. The van der Waals surface area contributed by atoms with Gasteiger partial charge in [0.05, 0.1) is 18.3 Å². The molecule has 1 amide bonds. The Morgan fingerprint density at radius 2 is 1.88 bits per heavy atom. The summed E-state index contributed by atoms with van der Waals surface area (Å²) in [5, 5.41) is 13.5. The molecule has 3 aromatic carbocycles. The maximum atomic E-state index is 13.4. The van der Waals surface area contributed by atoms with Crippen molar-refractivity contribution in [3.05, 3.63) is 83.0 Å². The highest BCUT2D eigenvalue weighted by Crippen LogP contribution is 2.35. The van der Waals surface area contributed by atoms with Crippen molar-refractivity contribution in [1.82, 2.24) is 15.5 Å². The number of rotatable bonds is 4. The lowest BCUT2D eigenvalue weighted by atomic mass is 9.99. The fourth-order valence-corrected chi connectivity index (χ4v) is 4.52. The van der Waals surface area contributed by atoms with Gasteiger partial charge < -0.3 is 15.0 Å². The number of hydrogen-bond donors (Lipinski definition) is 1. The highest BCUT2D eigenvalue weighted by molar-refractivity contribution is 6.31. The molecule has 0 radical (unpaired) electrons. The summed E-state index contributed by atoms with van der Waals surface area (Å²) in [6.07, 6.45) is 0.694. The van der Waals surface area contributed by atoms with Crippen molar-refractivity contribution in [2.75, 3.05) is 25.6 Å². The van der Waals surface area contributed by atoms with Crippen LogP contribution in [-0.4, -0.2) is 36.8 Å². The van der Waals surface area contributed by atoms with Crippen LogP contribution in [0, 0.1) is 0 Å². The average Bonchev–Trinajstić information content (AvgIpc) is 2.83. The van der Waals surface area contributed by atoms with Crippen LogP contribution in [0.2, 0.25) is 5.02 Å². The van der Waals surface area contributed by atoms with Crippen LogP contribution < -0.4 is 15.0 Å². The third-order valence-electron chi connectivity index (χ3n) is 5.83. The maximum Gasteiger partial charge on any atom is 0.274 e. The fourth-order valence-electron chi connectivity index (χ4n) is 4.33. The first kappa shape index (κ1) is 21.2. The van der Waals surface area contributed by atoms with Gasteiger partial charge in [-0.25, -0.2) is 0 Å². The van der Waals surface area contributed by atoms with Gasteiger partial charge in [-0.05, 0) is 23.8 Å². The molecule has 0 bridgehead atoms. The normalized spacial score (nSPS) is 14.9. The monoisotopic (exact) mass is 458 g/mol. The van der Waals surface area contributed by atoms with Gasteiger partial charge in [0.2, 0.25) is 0 Å². The predicted octanol–water partition coefficient (Wildman–Crippen LogP) is 5.27. The molecule has 7 heteroatoms. The Kier molecular flexibility index (Phi) is 5.60. The van der Waals surface area contributed by atoms with Crippen LogP contribution in [0.5, 0.6) is 5.75 Å². The van der Waals surface area contributed by atoms with Crippen LogP contribution in [0.4, 0.5) is 5.69 Å². The predicted molar refractivity (Wildman–Crippen MR) is 131 cm³/mol. The van der Waals surface area contributed by atoms with E-state index in [1.165, 1.54) is 0 Å². The molecule has 0 fully saturated rings. The lowest BCUT2D eigenvalue weighted by molar-refractivity contribution is 0.0919. The van der Waals surface area contributed by atoms with Crippen molar-refractivity contribution in [3.8, 4) is 16.9 Å². The molecule has 0 saturated heterocycles. The summed E-state index contributed by atoms with van der Waals surface area (Å²) >= 11 is 6.22. The number of aromatic nitrogens is 2. The minimum absolute atomic E-state index is 0.146. The van der Waals surface area contributed by atoms with Crippen LogP contribution in [0.3, 0.4) is 0 Å². The van der Waals surface area contributed by atoms with Gasteiger partial charge in [-0.3, -0.25) is 4.79 Å². The number of fused-ring (bicyclic) bond motifs is 2. The number of benzene rings is 3. The summed E-state index contributed by atoms with van der Waals surface area (Å²) in [5.74, 6) is 0.542. The number of amides is 1. The van der Waals surface area contributed by atoms with E-state index in [9.17, 15) is 4.79 Å². The number of nitrogens with one attached hydrogen (secondary N) is 1. The van der Waals surface area contributed by atoms with Crippen LogP contribution in [-0.2, 0) is 0 Å². The molecule has 1 aliphatic heterocycles. The maximum absolute atomic E-state index is 13.4. The quantitative estimate of drug-likeness (QED) is 0.451. The van der Waals surface area contributed by atoms with Crippen molar-refractivity contribution in [2.45, 2.75) is 12.5 Å². The van der Waals surface area contributed by atoms with Gasteiger partial charge in [0.1, 0.15) is 11.3 Å². The molecule has 0 unspecified atom stereocenters. The van der Waals surface area contributed by atoms with E-state index in [2.05, 4.69) is 15.5 Å². The van der Waals surface area contributed by atoms with Crippen molar-refractivity contribution in [2.24, 2.45) is 0 Å². The Bertz CT molecular complexity index is 1360. The molecular weight excluding hydrogens is 436 g/mol. The van der Waals surface area contributed by atoms with Crippen molar-refractivity contribution in [3.63, 3.8) is 0 Å². The molecule has 1 aromatic heterocycles. The third kappa shape index (κ3) is 3.98. The zero-order valence-electron chi connectivity index (χ0n) is 18.4. The molecule has 4 aromatic rings. The zero-order chi connectivity index (χ0) is 22.9. The molecule has 0 saturated carbocycles. The van der Waals surface area contributed by atoms with E-state index in [-0.39, 0.29) is 11.9 Å². The second kappa shape index (κ2) is 8.71. The Morgan fingerprint density at radius 3 is 2.70 bits per heavy atom. The number of halogens is 1. The highest BCUT2D eigenvalue weighted by atomic mass is 35.5. The molecule has 6 nitrogen and oxygen atoms in total. The summed E-state index contributed by atoms with van der Waals surface area (Å²) in [5.41, 5.74) is 4.57. The second-order valence-corrected chi connectivity index (χ2v) is 8.64. The molecule has 1 atom stereocenters. The molecule has 33 heavy (non-hydrogen) atoms. The van der Waals surface area contributed by atoms with Gasteiger partial charge in [-0.2, -0.15) is 0 Å². The minimum atomic E-state index is -0.261.